The van der Waals surface area contributed by atoms with Gasteiger partial charge >= 0.3 is 0 Å². The van der Waals surface area contributed by atoms with Crippen molar-refractivity contribution in [2.75, 3.05) is 0 Å². The minimum Gasteiger partial charge on any atom is -0.345 e. The van der Waals surface area contributed by atoms with E-state index >= 15 is 0 Å². The van der Waals surface area contributed by atoms with E-state index in [2.05, 4.69) is 48.7 Å². The number of aromatic nitrogens is 2. The molecule has 0 aliphatic rings. The number of hydrogen-bond acceptors (Lipinski definition) is 1. The first-order chi connectivity index (χ1) is 7.58. The quantitative estimate of drug-likeness (QED) is 0.751. The highest BCUT2D eigenvalue weighted by Crippen LogP contribution is 2.15. The third-order valence-corrected chi connectivity index (χ3v) is 3.19. The zero-order valence-electron chi connectivity index (χ0n) is 10.4. The lowest BCUT2D eigenvalue weighted by Crippen LogP contribution is -2.03. The van der Waals surface area contributed by atoms with Gasteiger partial charge in [0.1, 0.15) is 0 Å². The van der Waals surface area contributed by atoms with Crippen LogP contribution in [-0.2, 0) is 6.54 Å². The summed E-state index contributed by atoms with van der Waals surface area (Å²) in [4.78, 5) is 4.53. The summed E-state index contributed by atoms with van der Waals surface area (Å²) in [7, 11) is 0. The van der Waals surface area contributed by atoms with Gasteiger partial charge in [0.2, 0.25) is 0 Å². The third kappa shape index (κ3) is 2.01. The molecular weight excluding hydrogens is 196 g/mol. The second-order valence-electron chi connectivity index (χ2n) is 4.42. The Morgan fingerprint density at radius 3 is 2.44 bits per heavy atom. The summed E-state index contributed by atoms with van der Waals surface area (Å²) in [5, 5.41) is 0. The Hall–Kier alpha value is -1.57. The zero-order valence-corrected chi connectivity index (χ0v) is 10.4. The molecule has 2 aromatic rings. The van der Waals surface area contributed by atoms with E-state index < -0.39 is 0 Å². The summed E-state index contributed by atoms with van der Waals surface area (Å²) in [6, 6.07) is 6.18. The molecule has 0 radical (unpaired) electrons. The standard InChI is InChI=1S/C14H18N2/c1-10-8-16(13(4)12(10)3)9-14-7-5-6-11(2)15-14/h5-8H,9H2,1-4H3. The first kappa shape index (κ1) is 10.9. The van der Waals surface area contributed by atoms with Crippen LogP contribution in [0.2, 0.25) is 0 Å². The lowest BCUT2D eigenvalue weighted by molar-refractivity contribution is 0.748. The van der Waals surface area contributed by atoms with Crippen molar-refractivity contribution in [1.82, 2.24) is 9.55 Å². The molecule has 0 saturated heterocycles. The molecule has 0 spiro atoms. The van der Waals surface area contributed by atoms with Gasteiger partial charge in [-0.1, -0.05) is 6.07 Å². The van der Waals surface area contributed by atoms with E-state index in [-0.39, 0.29) is 0 Å². The number of rotatable bonds is 2. The fourth-order valence-corrected chi connectivity index (χ4v) is 1.95. The van der Waals surface area contributed by atoms with Crippen LogP contribution in [0.25, 0.3) is 0 Å². The Kier molecular flexibility index (Phi) is 2.82. The van der Waals surface area contributed by atoms with Crippen molar-refractivity contribution in [3.63, 3.8) is 0 Å². The Morgan fingerprint density at radius 1 is 1.12 bits per heavy atom. The zero-order chi connectivity index (χ0) is 11.7. The van der Waals surface area contributed by atoms with E-state index in [9.17, 15) is 0 Å². The van der Waals surface area contributed by atoms with Gasteiger partial charge in [0, 0.05) is 17.6 Å². The molecule has 0 bridgehead atoms. The van der Waals surface area contributed by atoms with Crippen molar-refractivity contribution in [2.24, 2.45) is 0 Å². The van der Waals surface area contributed by atoms with Crippen LogP contribution in [0.5, 0.6) is 0 Å². The highest BCUT2D eigenvalue weighted by Gasteiger charge is 2.05. The highest BCUT2D eigenvalue weighted by molar-refractivity contribution is 5.29. The van der Waals surface area contributed by atoms with Gasteiger partial charge in [-0.3, -0.25) is 4.98 Å². The van der Waals surface area contributed by atoms with E-state index in [1.807, 2.05) is 13.0 Å². The molecule has 2 nitrogen and oxygen atoms in total. The van der Waals surface area contributed by atoms with E-state index in [1.165, 1.54) is 16.8 Å². The number of aryl methyl sites for hydroxylation is 2. The first-order valence-corrected chi connectivity index (χ1v) is 5.63. The van der Waals surface area contributed by atoms with Crippen LogP contribution < -0.4 is 0 Å². The van der Waals surface area contributed by atoms with Crippen molar-refractivity contribution < 1.29 is 0 Å². The summed E-state index contributed by atoms with van der Waals surface area (Å²) in [5.74, 6) is 0. The second kappa shape index (κ2) is 4.12. The van der Waals surface area contributed by atoms with Gasteiger partial charge in [0.05, 0.1) is 12.2 Å². The van der Waals surface area contributed by atoms with Gasteiger partial charge in [-0.05, 0) is 51.0 Å². The highest BCUT2D eigenvalue weighted by atomic mass is 15.0. The molecular formula is C14H18N2. The Morgan fingerprint density at radius 2 is 1.88 bits per heavy atom. The largest absolute Gasteiger partial charge is 0.345 e. The SMILES string of the molecule is Cc1cccc(Cn2cc(C)c(C)c2C)n1. The Bertz CT molecular complexity index is 509. The van der Waals surface area contributed by atoms with Crippen molar-refractivity contribution in [3.05, 3.63) is 52.6 Å². The normalized spacial score (nSPS) is 10.8. The molecule has 0 N–H and O–H groups in total. The van der Waals surface area contributed by atoms with E-state index in [0.717, 1.165) is 17.9 Å². The van der Waals surface area contributed by atoms with Gasteiger partial charge in [0.15, 0.2) is 0 Å². The molecule has 2 aromatic heterocycles. The van der Waals surface area contributed by atoms with Crippen molar-refractivity contribution in [2.45, 2.75) is 34.2 Å². The number of pyridine rings is 1. The van der Waals surface area contributed by atoms with Crippen LogP contribution >= 0.6 is 0 Å². The third-order valence-electron chi connectivity index (χ3n) is 3.19. The topological polar surface area (TPSA) is 17.8 Å². The molecule has 84 valence electrons. The van der Waals surface area contributed by atoms with Gasteiger partial charge in [-0.2, -0.15) is 0 Å². The monoisotopic (exact) mass is 214 g/mol. The lowest BCUT2D eigenvalue weighted by atomic mass is 10.2. The first-order valence-electron chi connectivity index (χ1n) is 5.63. The molecule has 0 amide bonds. The number of hydrogen-bond donors (Lipinski definition) is 0. The minimum atomic E-state index is 0.863. The van der Waals surface area contributed by atoms with Gasteiger partial charge in [0.25, 0.3) is 0 Å². The maximum Gasteiger partial charge on any atom is 0.0645 e. The summed E-state index contributed by atoms with van der Waals surface area (Å²) >= 11 is 0. The Labute approximate surface area is 97.0 Å². The van der Waals surface area contributed by atoms with E-state index in [0.29, 0.717) is 0 Å². The van der Waals surface area contributed by atoms with Crippen LogP contribution in [0.3, 0.4) is 0 Å². The van der Waals surface area contributed by atoms with Crippen molar-refractivity contribution >= 4 is 0 Å². The molecule has 0 aromatic carbocycles. The molecule has 0 aliphatic carbocycles. The van der Waals surface area contributed by atoms with Crippen LogP contribution in [-0.4, -0.2) is 9.55 Å². The van der Waals surface area contributed by atoms with Crippen LogP contribution in [0.15, 0.2) is 24.4 Å². The Balaban J connectivity index is 2.30. The summed E-state index contributed by atoms with van der Waals surface area (Å²) in [6.45, 7) is 9.39. The molecule has 2 heteroatoms. The summed E-state index contributed by atoms with van der Waals surface area (Å²) in [5.41, 5.74) is 6.27. The maximum atomic E-state index is 4.53. The van der Waals surface area contributed by atoms with Crippen molar-refractivity contribution in [1.29, 1.82) is 0 Å². The van der Waals surface area contributed by atoms with Crippen LogP contribution in [0, 0.1) is 27.7 Å². The fourth-order valence-electron chi connectivity index (χ4n) is 1.95. The lowest BCUT2D eigenvalue weighted by Gasteiger charge is -2.06. The molecule has 2 heterocycles. The van der Waals surface area contributed by atoms with Crippen LogP contribution in [0.4, 0.5) is 0 Å². The smallest absolute Gasteiger partial charge is 0.0645 e. The predicted molar refractivity (Wildman–Crippen MR) is 66.7 cm³/mol. The van der Waals surface area contributed by atoms with Crippen molar-refractivity contribution in [3.8, 4) is 0 Å². The molecule has 2 rings (SSSR count). The van der Waals surface area contributed by atoms with Crippen LogP contribution in [0.1, 0.15) is 28.2 Å². The molecule has 0 fully saturated rings. The van der Waals surface area contributed by atoms with E-state index in [1.54, 1.807) is 0 Å². The second-order valence-corrected chi connectivity index (χ2v) is 4.42. The van der Waals surface area contributed by atoms with E-state index in [4.69, 9.17) is 0 Å². The van der Waals surface area contributed by atoms with Gasteiger partial charge in [-0.25, -0.2) is 0 Å². The molecule has 0 saturated carbocycles. The predicted octanol–water partition coefficient (Wildman–Crippen LogP) is 3.17. The van der Waals surface area contributed by atoms with Gasteiger partial charge in [-0.15, -0.1) is 0 Å². The minimum absolute atomic E-state index is 0.863. The average molecular weight is 214 g/mol. The summed E-state index contributed by atoms with van der Waals surface area (Å²) in [6.07, 6.45) is 2.20. The summed E-state index contributed by atoms with van der Waals surface area (Å²) < 4.78 is 2.27. The average Bonchev–Trinajstić information content (AvgIpc) is 2.47. The molecule has 0 unspecified atom stereocenters. The molecule has 0 aliphatic heterocycles. The maximum absolute atomic E-state index is 4.53. The fraction of sp³-hybridized carbons (Fsp3) is 0.357. The molecule has 16 heavy (non-hydrogen) atoms. The molecule has 0 atom stereocenters. The number of nitrogens with zero attached hydrogens (tertiary/aromatic N) is 2. The van der Waals surface area contributed by atoms with Gasteiger partial charge < -0.3 is 4.57 Å².